The Hall–Kier alpha value is -0.820. The number of hydrogen-bond donors (Lipinski definition) is 0. The number of carbonyl (C=O) groups excluding carboxylic acids is 1. The summed E-state index contributed by atoms with van der Waals surface area (Å²) in [5.41, 5.74) is 0.326. The Balaban J connectivity index is 2.27. The predicted octanol–water partition coefficient (Wildman–Crippen LogP) is 3.31. The maximum absolute atomic E-state index is 12.2. The van der Waals surface area contributed by atoms with Gasteiger partial charge in [-0.2, -0.15) is 13.2 Å². The molecule has 2 nitrogen and oxygen atoms in total. The number of carbonyl (C=O) groups is 1. The molecular formula is C10H8F3NOS2. The second-order valence-corrected chi connectivity index (χ2v) is 5.63. The molecule has 0 aliphatic carbocycles. The third-order valence-corrected chi connectivity index (χ3v) is 4.08. The Morgan fingerprint density at radius 1 is 1.53 bits per heavy atom. The summed E-state index contributed by atoms with van der Waals surface area (Å²) < 4.78 is 36.7. The van der Waals surface area contributed by atoms with Gasteiger partial charge in [-0.15, -0.1) is 23.1 Å². The molecule has 2 heterocycles. The van der Waals surface area contributed by atoms with E-state index in [0.717, 1.165) is 11.3 Å². The quantitative estimate of drug-likeness (QED) is 0.789. The highest BCUT2D eigenvalue weighted by Gasteiger charge is 2.31. The summed E-state index contributed by atoms with van der Waals surface area (Å²) in [5, 5.41) is 0.655. The van der Waals surface area contributed by atoms with Crippen molar-refractivity contribution < 1.29 is 18.0 Å². The van der Waals surface area contributed by atoms with Crippen LogP contribution in [0.4, 0.5) is 13.2 Å². The molecule has 0 spiro atoms. The second-order valence-electron chi connectivity index (χ2n) is 3.53. The zero-order valence-corrected chi connectivity index (χ0v) is 10.4. The monoisotopic (exact) mass is 279 g/mol. The lowest BCUT2D eigenvalue weighted by Gasteiger charge is -2.08. The highest BCUT2D eigenvalue weighted by atomic mass is 32.2. The molecule has 1 aliphatic heterocycles. The largest absolute Gasteiger partial charge is 0.393 e. The lowest BCUT2D eigenvalue weighted by atomic mass is 10.1. The van der Waals surface area contributed by atoms with E-state index in [0.29, 0.717) is 21.9 Å². The molecule has 0 radical (unpaired) electrons. The summed E-state index contributed by atoms with van der Waals surface area (Å²) in [5.74, 6) is -0.430. The third kappa shape index (κ3) is 2.90. The average molecular weight is 279 g/mol. The SMILES string of the molecule is CSC1=NC(=O)c2cc(CC(F)(F)F)sc2C1. The molecular weight excluding hydrogens is 271 g/mol. The van der Waals surface area contributed by atoms with E-state index in [-0.39, 0.29) is 4.88 Å². The Morgan fingerprint density at radius 3 is 2.82 bits per heavy atom. The minimum Gasteiger partial charge on any atom is -0.267 e. The number of rotatable bonds is 1. The number of fused-ring (bicyclic) bond motifs is 1. The average Bonchev–Trinajstić information content (AvgIpc) is 2.57. The Morgan fingerprint density at radius 2 is 2.24 bits per heavy atom. The molecule has 0 aromatic carbocycles. The molecule has 0 saturated heterocycles. The van der Waals surface area contributed by atoms with Crippen molar-refractivity contribution in [3.8, 4) is 0 Å². The topological polar surface area (TPSA) is 29.4 Å². The lowest BCUT2D eigenvalue weighted by molar-refractivity contribution is -0.126. The van der Waals surface area contributed by atoms with Crippen LogP contribution in [0.2, 0.25) is 0 Å². The van der Waals surface area contributed by atoms with Gasteiger partial charge in [0.1, 0.15) is 0 Å². The van der Waals surface area contributed by atoms with Crippen molar-refractivity contribution >= 4 is 34.0 Å². The fourth-order valence-corrected chi connectivity index (χ4v) is 3.30. The highest BCUT2D eigenvalue weighted by Crippen LogP contribution is 2.32. The van der Waals surface area contributed by atoms with Gasteiger partial charge in [-0.25, -0.2) is 4.99 Å². The number of thiophene rings is 1. The van der Waals surface area contributed by atoms with E-state index >= 15 is 0 Å². The van der Waals surface area contributed by atoms with Crippen molar-refractivity contribution in [2.75, 3.05) is 6.26 Å². The Bertz CT molecular complexity index is 490. The number of amides is 1. The summed E-state index contributed by atoms with van der Waals surface area (Å²) in [4.78, 5) is 16.2. The van der Waals surface area contributed by atoms with Crippen LogP contribution in [0.15, 0.2) is 11.1 Å². The lowest BCUT2D eigenvalue weighted by Crippen LogP contribution is -2.11. The van der Waals surface area contributed by atoms with Crippen LogP contribution in [0.25, 0.3) is 0 Å². The zero-order valence-electron chi connectivity index (χ0n) is 8.80. The van der Waals surface area contributed by atoms with Crippen molar-refractivity contribution in [2.24, 2.45) is 4.99 Å². The first kappa shape index (κ1) is 12.6. The summed E-state index contributed by atoms with van der Waals surface area (Å²) >= 11 is 2.40. The fourth-order valence-electron chi connectivity index (χ4n) is 1.55. The number of nitrogens with zero attached hydrogens (tertiary/aromatic N) is 1. The van der Waals surface area contributed by atoms with Gasteiger partial charge in [0.25, 0.3) is 5.91 Å². The maximum Gasteiger partial charge on any atom is 0.393 e. The third-order valence-electron chi connectivity index (χ3n) is 2.24. The van der Waals surface area contributed by atoms with Crippen molar-refractivity contribution in [1.82, 2.24) is 0 Å². The van der Waals surface area contributed by atoms with E-state index in [9.17, 15) is 18.0 Å². The molecule has 0 saturated carbocycles. The fraction of sp³-hybridized carbons (Fsp3) is 0.400. The number of alkyl halides is 3. The molecule has 0 unspecified atom stereocenters. The highest BCUT2D eigenvalue weighted by molar-refractivity contribution is 8.13. The maximum atomic E-state index is 12.2. The van der Waals surface area contributed by atoms with Crippen molar-refractivity contribution in [3.63, 3.8) is 0 Å². The molecule has 7 heteroatoms. The molecule has 2 rings (SSSR count). The molecule has 1 aromatic rings. The van der Waals surface area contributed by atoms with Crippen LogP contribution in [-0.2, 0) is 12.8 Å². The van der Waals surface area contributed by atoms with Gasteiger partial charge in [-0.05, 0) is 12.3 Å². The Kier molecular flexibility index (Phi) is 3.31. The summed E-state index contributed by atoms with van der Waals surface area (Å²) in [6.45, 7) is 0. The van der Waals surface area contributed by atoms with Gasteiger partial charge in [0.05, 0.1) is 17.0 Å². The molecule has 1 aliphatic rings. The predicted molar refractivity (Wildman–Crippen MR) is 63.1 cm³/mol. The minimum absolute atomic E-state index is 0.174. The van der Waals surface area contributed by atoms with E-state index in [4.69, 9.17) is 0 Å². The van der Waals surface area contributed by atoms with Gasteiger partial charge in [-0.1, -0.05) is 0 Å². The summed E-state index contributed by atoms with van der Waals surface area (Å²) in [6, 6.07) is 1.32. The van der Waals surface area contributed by atoms with Gasteiger partial charge < -0.3 is 0 Å². The van der Waals surface area contributed by atoms with E-state index in [1.165, 1.54) is 17.8 Å². The van der Waals surface area contributed by atoms with Crippen LogP contribution in [-0.4, -0.2) is 23.4 Å². The number of thioether (sulfide) groups is 1. The Labute approximate surface area is 104 Å². The molecule has 92 valence electrons. The first-order valence-corrected chi connectivity index (χ1v) is 6.77. The smallest absolute Gasteiger partial charge is 0.267 e. The van der Waals surface area contributed by atoms with Gasteiger partial charge in [0, 0.05) is 16.2 Å². The zero-order chi connectivity index (χ0) is 12.6. The molecule has 0 fully saturated rings. The number of aliphatic imine (C=N–C) groups is 1. The van der Waals surface area contributed by atoms with E-state index in [2.05, 4.69) is 4.99 Å². The van der Waals surface area contributed by atoms with Gasteiger partial charge in [0.2, 0.25) is 0 Å². The number of halogens is 3. The first-order chi connectivity index (χ1) is 7.89. The molecule has 17 heavy (non-hydrogen) atoms. The van der Waals surface area contributed by atoms with E-state index in [1.807, 2.05) is 0 Å². The standard InChI is InChI=1S/C10H8F3NOS2/c1-16-8-3-7-6(9(15)14-8)2-5(17-7)4-10(11,12)13/h2H,3-4H2,1H3. The van der Waals surface area contributed by atoms with E-state index < -0.39 is 18.5 Å². The van der Waals surface area contributed by atoms with Crippen molar-refractivity contribution in [1.29, 1.82) is 0 Å². The van der Waals surface area contributed by atoms with Gasteiger partial charge >= 0.3 is 6.18 Å². The van der Waals surface area contributed by atoms with Crippen LogP contribution in [0.1, 0.15) is 20.1 Å². The van der Waals surface area contributed by atoms with Crippen LogP contribution in [0.3, 0.4) is 0 Å². The van der Waals surface area contributed by atoms with Gasteiger partial charge in [-0.3, -0.25) is 4.79 Å². The first-order valence-electron chi connectivity index (χ1n) is 4.73. The summed E-state index contributed by atoms with van der Waals surface area (Å²) in [7, 11) is 0. The molecule has 0 N–H and O–H groups in total. The normalized spacial score (nSPS) is 15.8. The van der Waals surface area contributed by atoms with E-state index in [1.54, 1.807) is 6.26 Å². The van der Waals surface area contributed by atoms with Gasteiger partial charge in [0.15, 0.2) is 0 Å². The minimum atomic E-state index is -4.24. The van der Waals surface area contributed by atoms with Crippen LogP contribution in [0.5, 0.6) is 0 Å². The molecule has 1 amide bonds. The molecule has 0 bridgehead atoms. The molecule has 1 aromatic heterocycles. The molecule has 0 atom stereocenters. The van der Waals surface area contributed by atoms with Crippen molar-refractivity contribution in [3.05, 3.63) is 21.4 Å². The van der Waals surface area contributed by atoms with Crippen molar-refractivity contribution in [2.45, 2.75) is 19.0 Å². The number of hydrogen-bond acceptors (Lipinski definition) is 3. The second kappa shape index (κ2) is 4.45. The van der Waals surface area contributed by atoms with Crippen LogP contribution in [0, 0.1) is 0 Å². The van der Waals surface area contributed by atoms with Crippen LogP contribution >= 0.6 is 23.1 Å². The summed E-state index contributed by atoms with van der Waals surface area (Å²) in [6.07, 6.45) is -2.96. The van der Waals surface area contributed by atoms with Crippen LogP contribution < -0.4 is 0 Å².